The fourth-order valence-corrected chi connectivity index (χ4v) is 7.80. The topological polar surface area (TPSA) is 68.3 Å². The first-order valence-electron chi connectivity index (χ1n) is 22.1. The van der Waals surface area contributed by atoms with Crippen molar-refractivity contribution in [2.75, 3.05) is 21.3 Å². The Labute approximate surface area is 398 Å². The highest BCUT2D eigenvalue weighted by Gasteiger charge is 2.07. The van der Waals surface area contributed by atoms with E-state index in [1.165, 1.54) is 38.7 Å². The molecule has 0 bridgehead atoms. The molecular weight excluding hydrogens is 855 g/mol. The summed E-state index contributed by atoms with van der Waals surface area (Å²) in [5, 5.41) is 16.2. The van der Waals surface area contributed by atoms with Crippen LogP contribution < -0.4 is 31.9 Å². The number of hydrogen-bond donors (Lipinski definition) is 5. The van der Waals surface area contributed by atoms with Gasteiger partial charge in [-0.2, -0.15) is 0 Å². The monoisotopic (exact) mass is 906 g/mol. The van der Waals surface area contributed by atoms with Crippen LogP contribution in [0.25, 0.3) is 33.4 Å². The van der Waals surface area contributed by atoms with Crippen LogP contribution in [0.2, 0.25) is 0 Å². The third-order valence-corrected chi connectivity index (χ3v) is 11.7. The van der Waals surface area contributed by atoms with Crippen LogP contribution in [0.4, 0.5) is 45.5 Å². The molecule has 0 aromatic heterocycles. The molecule has 2 unspecified atom stereocenters. The minimum absolute atomic E-state index is 0.121. The van der Waals surface area contributed by atoms with Crippen LogP contribution >= 0.6 is 18.0 Å². The summed E-state index contributed by atoms with van der Waals surface area (Å²) in [6.45, 7) is 0. The predicted molar refractivity (Wildman–Crippen MR) is 294 cm³/mol. The summed E-state index contributed by atoms with van der Waals surface area (Å²) in [7, 11) is 2.55. The van der Waals surface area contributed by atoms with Gasteiger partial charge in [0.05, 0.1) is 22.7 Å². The molecule has 10 aromatic rings. The molecule has 0 spiro atoms. The highest BCUT2D eigenvalue weighted by molar-refractivity contribution is 7.40. The lowest BCUT2D eigenvalue weighted by Crippen LogP contribution is -1.97. The van der Waals surface area contributed by atoms with Gasteiger partial charge in [0.1, 0.15) is 0 Å². The van der Waals surface area contributed by atoms with Crippen molar-refractivity contribution in [3.63, 3.8) is 0 Å². The van der Waals surface area contributed by atoms with Gasteiger partial charge < -0.3 is 26.2 Å². The molecule has 0 amide bonds. The first-order chi connectivity index (χ1) is 33.1. The quantitative estimate of drug-likeness (QED) is 0.0791. The molecule has 0 fully saturated rings. The molecule has 10 aromatic carbocycles. The zero-order valence-corrected chi connectivity index (χ0v) is 39.1. The second kappa shape index (κ2) is 23.9. The van der Waals surface area contributed by atoms with E-state index in [1.807, 2.05) is 97.1 Å². The Morgan fingerprint density at radius 2 is 0.552 bits per heavy atom. The van der Waals surface area contributed by atoms with Gasteiger partial charge in [-0.3, -0.25) is 0 Å². The molecule has 0 radical (unpaired) electrons. The number of nitrogens with one attached hydrogen (secondary N) is 4. The zero-order chi connectivity index (χ0) is 45.9. The Bertz CT molecular complexity index is 2880. The standard InChI is InChI=1S/2C24H20N2.C12H12OP2/c2*1-3-10-19(11-4-1)20-12-9-15-22(18-20)26-24-17-8-7-16-23(24)25-21-13-5-2-6-14-21;13-15-12-7-3-10(4-8-12)9-1-5-11(14)6-2-9/h2*1-18,25-26H;1-8,13,15H,14H2. The van der Waals surface area contributed by atoms with E-state index in [1.54, 1.807) is 0 Å². The maximum atomic E-state index is 8.96. The van der Waals surface area contributed by atoms with Crippen molar-refractivity contribution >= 4 is 74.2 Å². The van der Waals surface area contributed by atoms with E-state index in [9.17, 15) is 0 Å². The fourth-order valence-electron chi connectivity index (χ4n) is 7.29. The van der Waals surface area contributed by atoms with Crippen LogP contribution in [-0.2, 0) is 0 Å². The van der Waals surface area contributed by atoms with E-state index in [-0.39, 0.29) is 8.81 Å². The van der Waals surface area contributed by atoms with Crippen molar-refractivity contribution in [1.82, 2.24) is 0 Å². The number of para-hydroxylation sites is 6. The van der Waals surface area contributed by atoms with Gasteiger partial charge in [0.2, 0.25) is 0 Å². The van der Waals surface area contributed by atoms with Crippen LogP contribution in [0.3, 0.4) is 0 Å². The Hall–Kier alpha value is -7.78. The molecule has 0 saturated heterocycles. The lowest BCUT2D eigenvalue weighted by atomic mass is 10.1. The van der Waals surface area contributed by atoms with E-state index >= 15 is 0 Å². The van der Waals surface area contributed by atoms with Gasteiger partial charge in [-0.15, -0.1) is 9.24 Å². The third kappa shape index (κ3) is 13.6. The minimum Gasteiger partial charge on any atom is -0.372 e. The Kier molecular flexibility index (Phi) is 16.4. The number of benzene rings is 10. The SMILES string of the molecule is OPc1ccc(-c2ccc(P)cc2)cc1.c1ccc(Nc2ccccc2Nc2cccc(-c3ccccc3)c2)cc1.c1ccc(Nc2ccccc2Nc2cccc(-c3ccccc3)c2)cc1. The van der Waals surface area contributed by atoms with Gasteiger partial charge in [0.25, 0.3) is 0 Å². The zero-order valence-electron chi connectivity index (χ0n) is 36.9. The van der Waals surface area contributed by atoms with Crippen molar-refractivity contribution < 1.29 is 4.89 Å². The number of rotatable bonds is 12. The molecule has 0 aliphatic heterocycles. The molecule has 10 rings (SSSR count). The molecule has 0 saturated carbocycles. The first kappa shape index (κ1) is 45.8. The highest BCUT2D eigenvalue weighted by Crippen LogP contribution is 2.32. The van der Waals surface area contributed by atoms with Gasteiger partial charge in [0.15, 0.2) is 0 Å². The summed E-state index contributed by atoms with van der Waals surface area (Å²) in [6, 6.07) is 91.0. The normalized spacial score (nSPS) is 10.5. The van der Waals surface area contributed by atoms with Crippen LogP contribution in [0.5, 0.6) is 0 Å². The van der Waals surface area contributed by atoms with Crippen molar-refractivity contribution in [2.24, 2.45) is 0 Å². The number of anilines is 8. The van der Waals surface area contributed by atoms with E-state index in [4.69, 9.17) is 4.89 Å². The Morgan fingerprint density at radius 1 is 0.269 bits per heavy atom. The largest absolute Gasteiger partial charge is 0.372 e. The molecule has 5 nitrogen and oxygen atoms in total. The fraction of sp³-hybridized carbons (Fsp3) is 0. The third-order valence-electron chi connectivity index (χ3n) is 10.7. The summed E-state index contributed by atoms with van der Waals surface area (Å²) < 4.78 is 0. The van der Waals surface area contributed by atoms with Crippen molar-refractivity contribution in [3.05, 3.63) is 267 Å². The highest BCUT2D eigenvalue weighted by atomic mass is 31.1. The smallest absolute Gasteiger partial charge is 0.0623 e. The lowest BCUT2D eigenvalue weighted by molar-refractivity contribution is 0.655. The lowest BCUT2D eigenvalue weighted by Gasteiger charge is -2.14. The molecule has 0 heterocycles. The summed E-state index contributed by atoms with van der Waals surface area (Å²) in [5.74, 6) is 0. The number of hydrogen-bond acceptors (Lipinski definition) is 5. The van der Waals surface area contributed by atoms with Crippen molar-refractivity contribution in [2.45, 2.75) is 0 Å². The second-order valence-corrected chi connectivity index (χ2v) is 17.0. The predicted octanol–water partition coefficient (Wildman–Crippen LogP) is 15.7. The van der Waals surface area contributed by atoms with E-state index in [2.05, 4.69) is 200 Å². The molecule has 67 heavy (non-hydrogen) atoms. The first-order valence-corrected chi connectivity index (χ1v) is 23.6. The summed E-state index contributed by atoms with van der Waals surface area (Å²) >= 11 is 0. The molecule has 328 valence electrons. The summed E-state index contributed by atoms with van der Waals surface area (Å²) in [6.07, 6.45) is 0. The van der Waals surface area contributed by atoms with Gasteiger partial charge in [0, 0.05) is 31.6 Å². The maximum Gasteiger partial charge on any atom is 0.0623 e. The van der Waals surface area contributed by atoms with Gasteiger partial charge in [-0.05, 0) is 117 Å². The van der Waals surface area contributed by atoms with Gasteiger partial charge in [-0.1, -0.05) is 194 Å². The molecule has 2 atom stereocenters. The van der Waals surface area contributed by atoms with Crippen LogP contribution in [0, 0.1) is 0 Å². The van der Waals surface area contributed by atoms with Gasteiger partial charge >= 0.3 is 0 Å². The minimum atomic E-state index is -0.121. The van der Waals surface area contributed by atoms with Crippen molar-refractivity contribution in [3.8, 4) is 33.4 Å². The molecule has 5 N–H and O–H groups in total. The maximum absolute atomic E-state index is 8.96. The van der Waals surface area contributed by atoms with E-state index < -0.39 is 0 Å². The molecule has 0 aliphatic carbocycles. The summed E-state index contributed by atoms with van der Waals surface area (Å²) in [4.78, 5) is 8.96. The molecular formula is C60H52N4OP2. The average Bonchev–Trinajstić information content (AvgIpc) is 3.39. The van der Waals surface area contributed by atoms with Crippen LogP contribution in [0.1, 0.15) is 0 Å². The average molecular weight is 907 g/mol. The van der Waals surface area contributed by atoms with Crippen molar-refractivity contribution in [1.29, 1.82) is 0 Å². The van der Waals surface area contributed by atoms with Crippen LogP contribution in [0.15, 0.2) is 267 Å². The van der Waals surface area contributed by atoms with Gasteiger partial charge in [-0.25, -0.2) is 0 Å². The second-order valence-electron chi connectivity index (χ2n) is 15.5. The van der Waals surface area contributed by atoms with Crippen LogP contribution in [-0.4, -0.2) is 4.89 Å². The van der Waals surface area contributed by atoms with E-state index in [0.717, 1.165) is 50.8 Å². The Balaban J connectivity index is 0.000000142. The summed E-state index contributed by atoms with van der Waals surface area (Å²) in [5.41, 5.74) is 15.7. The molecule has 7 heteroatoms. The Morgan fingerprint density at radius 3 is 0.925 bits per heavy atom. The van der Waals surface area contributed by atoms with E-state index in [0.29, 0.717) is 0 Å². The molecule has 0 aliphatic rings.